The monoisotopic (exact) mass is 535 g/mol. The fourth-order valence-corrected chi connectivity index (χ4v) is 3.92. The summed E-state index contributed by atoms with van der Waals surface area (Å²) >= 11 is 0. The molecule has 2 aromatic carbocycles. The van der Waals surface area contributed by atoms with Gasteiger partial charge in [-0.3, -0.25) is 14.6 Å². The molecule has 5 N–H and O–H groups in total. The summed E-state index contributed by atoms with van der Waals surface area (Å²) in [4.78, 5) is 29.6. The van der Waals surface area contributed by atoms with Gasteiger partial charge in [0, 0.05) is 43.2 Å². The molecule has 1 fully saturated rings. The van der Waals surface area contributed by atoms with Crippen LogP contribution < -0.4 is 21.7 Å². The number of carbonyl (C=O) groups is 2. The van der Waals surface area contributed by atoms with E-state index in [1.807, 2.05) is 0 Å². The van der Waals surface area contributed by atoms with E-state index in [1.54, 1.807) is 0 Å². The van der Waals surface area contributed by atoms with Crippen LogP contribution in [0.1, 0.15) is 27.9 Å². The van der Waals surface area contributed by atoms with E-state index in [2.05, 4.69) is 20.9 Å². The summed E-state index contributed by atoms with van der Waals surface area (Å²) in [5, 5.41) is 7.47. The fraction of sp³-hybridized carbons (Fsp3) is 0.240. The second-order valence-corrected chi connectivity index (χ2v) is 8.62. The molecule has 1 atom stereocenters. The second-order valence-electron chi connectivity index (χ2n) is 8.62. The van der Waals surface area contributed by atoms with Crippen molar-refractivity contribution in [3.63, 3.8) is 0 Å². The SMILES string of the molecule is Nc1cncc(C(=O)N[C@@]2(C(=O)NCc3ccc(Nc4c(F)cccc4C(F)(F)F)cc3F)CCOC2)c1. The van der Waals surface area contributed by atoms with E-state index in [1.165, 1.54) is 30.6 Å². The zero-order valence-corrected chi connectivity index (χ0v) is 19.7. The number of ether oxygens (including phenoxy) is 1. The van der Waals surface area contributed by atoms with E-state index in [0.29, 0.717) is 6.07 Å². The number of para-hydroxylation sites is 1. The number of rotatable bonds is 7. The van der Waals surface area contributed by atoms with Gasteiger partial charge in [-0.25, -0.2) is 8.78 Å². The lowest BCUT2D eigenvalue weighted by atomic mass is 9.96. The van der Waals surface area contributed by atoms with Gasteiger partial charge in [-0.1, -0.05) is 12.1 Å². The van der Waals surface area contributed by atoms with Crippen LogP contribution in [0, 0.1) is 11.6 Å². The maximum Gasteiger partial charge on any atom is 0.418 e. The molecule has 200 valence electrons. The fourth-order valence-electron chi connectivity index (χ4n) is 3.92. The third-order valence-corrected chi connectivity index (χ3v) is 5.91. The van der Waals surface area contributed by atoms with Crippen LogP contribution in [0.15, 0.2) is 54.9 Å². The molecule has 1 aliphatic heterocycles. The normalized spacial score (nSPS) is 17.2. The summed E-state index contributed by atoms with van der Waals surface area (Å²) in [6.45, 7) is -0.209. The van der Waals surface area contributed by atoms with Gasteiger partial charge >= 0.3 is 6.18 Å². The number of amides is 2. The third kappa shape index (κ3) is 5.83. The smallest absolute Gasteiger partial charge is 0.397 e. The number of hydrogen-bond donors (Lipinski definition) is 4. The van der Waals surface area contributed by atoms with Crippen LogP contribution >= 0.6 is 0 Å². The standard InChI is InChI=1S/C25H22F5N5O3/c26-19-3-1-2-18(25(28,29)30)21(19)34-17-5-4-14(20(27)9-17)11-33-23(37)24(6-7-38-13-24)35-22(36)15-8-16(31)12-32-10-15/h1-5,8-10,12,34H,6-7,11,13,31H2,(H,33,37)(H,35,36)/t24-/m0/s1. The highest BCUT2D eigenvalue weighted by Gasteiger charge is 2.44. The van der Waals surface area contributed by atoms with Gasteiger partial charge in [-0.2, -0.15) is 13.2 Å². The van der Waals surface area contributed by atoms with Crippen molar-refractivity contribution in [1.29, 1.82) is 0 Å². The zero-order valence-electron chi connectivity index (χ0n) is 19.7. The maximum atomic E-state index is 14.8. The lowest BCUT2D eigenvalue weighted by Gasteiger charge is -2.27. The van der Waals surface area contributed by atoms with Gasteiger partial charge in [-0.05, 0) is 30.3 Å². The minimum absolute atomic E-state index is 0.00824. The summed E-state index contributed by atoms with van der Waals surface area (Å²) in [6, 6.07) is 7.25. The van der Waals surface area contributed by atoms with Crippen molar-refractivity contribution in [3.05, 3.63) is 83.2 Å². The Morgan fingerprint density at radius 2 is 1.87 bits per heavy atom. The molecule has 1 aliphatic rings. The first kappa shape index (κ1) is 26.8. The molecule has 0 saturated carbocycles. The van der Waals surface area contributed by atoms with Crippen LogP contribution in [-0.2, 0) is 22.3 Å². The second kappa shape index (κ2) is 10.6. The lowest BCUT2D eigenvalue weighted by molar-refractivity contribution is -0.137. The maximum absolute atomic E-state index is 14.8. The predicted molar refractivity (Wildman–Crippen MR) is 127 cm³/mol. The molecular formula is C25H22F5N5O3. The quantitative estimate of drug-likeness (QED) is 0.341. The molecule has 8 nitrogen and oxygen atoms in total. The summed E-state index contributed by atoms with van der Waals surface area (Å²) in [6.07, 6.45) is -2.02. The Morgan fingerprint density at radius 3 is 2.53 bits per heavy atom. The summed E-state index contributed by atoms with van der Waals surface area (Å²) < 4.78 is 73.9. The van der Waals surface area contributed by atoms with Crippen molar-refractivity contribution in [1.82, 2.24) is 15.6 Å². The van der Waals surface area contributed by atoms with Crippen LogP contribution in [0.5, 0.6) is 0 Å². The number of aromatic nitrogens is 1. The van der Waals surface area contributed by atoms with Gasteiger partial charge < -0.3 is 26.4 Å². The molecule has 1 saturated heterocycles. The van der Waals surface area contributed by atoms with Gasteiger partial charge in [0.1, 0.15) is 17.2 Å². The molecular weight excluding hydrogens is 513 g/mol. The number of pyridine rings is 1. The Hall–Kier alpha value is -4.26. The molecule has 0 radical (unpaired) electrons. The number of nitrogens with zero attached hydrogens (tertiary/aromatic N) is 1. The predicted octanol–water partition coefficient (Wildman–Crippen LogP) is 3.91. The van der Waals surface area contributed by atoms with Gasteiger partial charge in [-0.15, -0.1) is 0 Å². The van der Waals surface area contributed by atoms with Crippen molar-refractivity contribution in [3.8, 4) is 0 Å². The molecule has 4 rings (SSSR count). The number of nitrogens with two attached hydrogens (primary N) is 1. The highest BCUT2D eigenvalue weighted by Crippen LogP contribution is 2.37. The summed E-state index contributed by atoms with van der Waals surface area (Å²) in [5.41, 5.74) is 2.44. The topological polar surface area (TPSA) is 118 Å². The van der Waals surface area contributed by atoms with Crippen LogP contribution in [0.3, 0.4) is 0 Å². The number of benzene rings is 2. The Morgan fingerprint density at radius 1 is 1.08 bits per heavy atom. The zero-order chi connectivity index (χ0) is 27.5. The number of carbonyl (C=O) groups excluding carboxylic acids is 2. The van der Waals surface area contributed by atoms with Crippen molar-refractivity contribution >= 4 is 28.9 Å². The molecule has 0 unspecified atom stereocenters. The van der Waals surface area contributed by atoms with Crippen LogP contribution in [-0.4, -0.2) is 35.6 Å². The van der Waals surface area contributed by atoms with Crippen molar-refractivity contribution in [2.75, 3.05) is 24.3 Å². The van der Waals surface area contributed by atoms with Crippen LogP contribution in [0.2, 0.25) is 0 Å². The van der Waals surface area contributed by atoms with Gasteiger partial charge in [0.05, 0.1) is 29.1 Å². The number of hydrogen-bond acceptors (Lipinski definition) is 6. The highest BCUT2D eigenvalue weighted by atomic mass is 19.4. The number of alkyl halides is 3. The minimum Gasteiger partial charge on any atom is -0.397 e. The number of anilines is 3. The first-order valence-electron chi connectivity index (χ1n) is 11.3. The molecule has 13 heteroatoms. The Labute approximate surface area is 213 Å². The Balaban J connectivity index is 1.45. The molecule has 38 heavy (non-hydrogen) atoms. The molecule has 1 aromatic heterocycles. The van der Waals surface area contributed by atoms with Gasteiger partial charge in [0.2, 0.25) is 5.91 Å². The van der Waals surface area contributed by atoms with Crippen LogP contribution in [0.25, 0.3) is 0 Å². The van der Waals surface area contributed by atoms with E-state index in [9.17, 15) is 31.5 Å². The van der Waals surface area contributed by atoms with E-state index < -0.39 is 46.4 Å². The third-order valence-electron chi connectivity index (χ3n) is 5.91. The van der Waals surface area contributed by atoms with E-state index in [4.69, 9.17) is 10.5 Å². The molecule has 3 aromatic rings. The largest absolute Gasteiger partial charge is 0.418 e. The van der Waals surface area contributed by atoms with E-state index in [0.717, 1.165) is 18.2 Å². The lowest BCUT2D eigenvalue weighted by Crippen LogP contribution is -2.59. The van der Waals surface area contributed by atoms with Gasteiger partial charge in [0.15, 0.2) is 0 Å². The molecule has 0 aliphatic carbocycles. The number of nitrogens with one attached hydrogen (secondary N) is 3. The van der Waals surface area contributed by atoms with Crippen molar-refractivity contribution < 1.29 is 36.3 Å². The Kier molecular flexibility index (Phi) is 7.49. The minimum atomic E-state index is -4.83. The number of nitrogen functional groups attached to an aromatic ring is 1. The van der Waals surface area contributed by atoms with Gasteiger partial charge in [0.25, 0.3) is 5.91 Å². The highest BCUT2D eigenvalue weighted by molar-refractivity contribution is 5.99. The van der Waals surface area contributed by atoms with Crippen LogP contribution in [0.4, 0.5) is 39.0 Å². The number of halogens is 5. The molecule has 0 spiro atoms. The van der Waals surface area contributed by atoms with E-state index >= 15 is 0 Å². The van der Waals surface area contributed by atoms with Crippen molar-refractivity contribution in [2.24, 2.45) is 0 Å². The first-order valence-corrected chi connectivity index (χ1v) is 11.3. The Bertz CT molecular complexity index is 1360. The van der Waals surface area contributed by atoms with E-state index in [-0.39, 0.29) is 48.7 Å². The molecule has 2 amide bonds. The molecule has 2 heterocycles. The average molecular weight is 535 g/mol. The summed E-state index contributed by atoms with van der Waals surface area (Å²) in [5.74, 6) is -3.23. The first-order chi connectivity index (χ1) is 18.0. The van der Waals surface area contributed by atoms with Crippen molar-refractivity contribution in [2.45, 2.75) is 24.7 Å². The summed E-state index contributed by atoms with van der Waals surface area (Å²) in [7, 11) is 0. The average Bonchev–Trinajstić information content (AvgIpc) is 3.33. The molecule has 0 bridgehead atoms.